The number of anilines is 1. The second-order valence-corrected chi connectivity index (χ2v) is 7.30. The van der Waals surface area contributed by atoms with E-state index in [-0.39, 0.29) is 5.92 Å². The average molecular weight is 358 g/mol. The maximum Gasteiger partial charge on any atom is 0.129 e. The Morgan fingerprint density at radius 1 is 1.15 bits per heavy atom. The summed E-state index contributed by atoms with van der Waals surface area (Å²) in [6.07, 6.45) is 0.313. The van der Waals surface area contributed by atoms with Crippen molar-refractivity contribution < 1.29 is 5.11 Å². The molecule has 3 aromatic rings. The number of para-hydroxylation sites is 1. The summed E-state index contributed by atoms with van der Waals surface area (Å²) in [5.74, 6) is 0.939. The molecule has 1 saturated heterocycles. The molecule has 1 N–H and O–H groups in total. The van der Waals surface area contributed by atoms with Crippen LogP contribution in [0.1, 0.15) is 22.5 Å². The molecule has 5 heteroatoms. The predicted octanol–water partition coefficient (Wildman–Crippen LogP) is 3.16. The highest BCUT2D eigenvalue weighted by atomic mass is 16.3. The second kappa shape index (κ2) is 6.98. The lowest BCUT2D eigenvalue weighted by atomic mass is 9.99. The van der Waals surface area contributed by atoms with Crippen molar-refractivity contribution in [3.8, 4) is 6.07 Å². The Labute approximate surface area is 158 Å². The van der Waals surface area contributed by atoms with E-state index in [0.717, 1.165) is 46.6 Å². The fraction of sp³-hybridized carbons (Fsp3) is 0.318. The molecule has 0 spiro atoms. The Morgan fingerprint density at radius 3 is 2.74 bits per heavy atom. The molecule has 1 aliphatic heterocycles. The summed E-state index contributed by atoms with van der Waals surface area (Å²) in [7, 11) is 0. The monoisotopic (exact) mass is 358 g/mol. The zero-order valence-corrected chi connectivity index (χ0v) is 15.6. The number of nitrogens with zero attached hydrogens (tertiary/aromatic N) is 4. The van der Waals surface area contributed by atoms with Crippen molar-refractivity contribution in [1.82, 2.24) is 9.97 Å². The number of aliphatic hydroxyl groups excluding tert-OH is 1. The number of fused-ring (bicyclic) bond motifs is 1. The average Bonchev–Trinajstić information content (AvgIpc) is 3.02. The highest BCUT2D eigenvalue weighted by Gasteiger charge is 2.32. The van der Waals surface area contributed by atoms with Gasteiger partial charge in [0.2, 0.25) is 0 Å². The zero-order valence-electron chi connectivity index (χ0n) is 15.6. The molecule has 2 aromatic heterocycles. The summed E-state index contributed by atoms with van der Waals surface area (Å²) in [5, 5.41) is 20.9. The number of pyridine rings is 2. The molecule has 0 saturated carbocycles. The third kappa shape index (κ3) is 3.36. The van der Waals surface area contributed by atoms with Gasteiger partial charge in [-0.1, -0.05) is 24.3 Å². The first-order valence-electron chi connectivity index (χ1n) is 9.21. The van der Waals surface area contributed by atoms with Gasteiger partial charge in [0.25, 0.3) is 0 Å². The van der Waals surface area contributed by atoms with Gasteiger partial charge < -0.3 is 10.0 Å². The minimum absolute atomic E-state index is 0.108. The van der Waals surface area contributed by atoms with E-state index >= 15 is 0 Å². The maximum absolute atomic E-state index is 10.6. The molecule has 2 atom stereocenters. The van der Waals surface area contributed by atoms with Crippen molar-refractivity contribution >= 4 is 16.7 Å². The van der Waals surface area contributed by atoms with Crippen LogP contribution in [0.3, 0.4) is 0 Å². The van der Waals surface area contributed by atoms with Crippen LogP contribution in [-0.4, -0.2) is 34.3 Å². The van der Waals surface area contributed by atoms with Gasteiger partial charge in [0.05, 0.1) is 22.9 Å². The van der Waals surface area contributed by atoms with Crippen molar-refractivity contribution in [2.75, 3.05) is 18.0 Å². The maximum atomic E-state index is 10.6. The number of β-amino-alcohol motifs (C(OH)–C–C–N with tert-alkyl or cyclic N) is 1. The topological polar surface area (TPSA) is 73.0 Å². The third-order valence-electron chi connectivity index (χ3n) is 5.35. The fourth-order valence-corrected chi connectivity index (χ4v) is 3.87. The number of aliphatic hydroxyl groups is 1. The standard InChI is InChI=1S/C22H22N4O/c1-14-9-22(24-15(2)19(14)11-23)26-12-17(21(27)13-26)10-18-8-7-16-5-3-4-6-20(16)25-18/h3-9,17,21,27H,10,12-13H2,1-2H3/t17-,21-/m1/s1. The van der Waals surface area contributed by atoms with Gasteiger partial charge in [0.1, 0.15) is 11.9 Å². The molecule has 136 valence electrons. The number of hydrogen-bond acceptors (Lipinski definition) is 5. The lowest BCUT2D eigenvalue weighted by Crippen LogP contribution is -2.22. The molecule has 0 aliphatic carbocycles. The highest BCUT2D eigenvalue weighted by Crippen LogP contribution is 2.27. The normalized spacial score (nSPS) is 19.4. The second-order valence-electron chi connectivity index (χ2n) is 7.30. The molecule has 1 aromatic carbocycles. The molecule has 0 amide bonds. The van der Waals surface area contributed by atoms with Crippen molar-refractivity contribution in [1.29, 1.82) is 5.26 Å². The highest BCUT2D eigenvalue weighted by molar-refractivity contribution is 5.78. The number of hydrogen-bond donors (Lipinski definition) is 1. The number of aromatic nitrogens is 2. The Morgan fingerprint density at radius 2 is 1.96 bits per heavy atom. The van der Waals surface area contributed by atoms with Crippen LogP contribution in [0.5, 0.6) is 0 Å². The quantitative estimate of drug-likeness (QED) is 0.778. The van der Waals surface area contributed by atoms with Gasteiger partial charge in [0, 0.05) is 30.1 Å². The summed E-state index contributed by atoms with van der Waals surface area (Å²) in [6, 6.07) is 16.4. The van der Waals surface area contributed by atoms with Gasteiger partial charge in [-0.3, -0.25) is 4.98 Å². The number of benzene rings is 1. The molecule has 27 heavy (non-hydrogen) atoms. The van der Waals surface area contributed by atoms with E-state index in [1.165, 1.54) is 0 Å². The lowest BCUT2D eigenvalue weighted by molar-refractivity contribution is 0.148. The van der Waals surface area contributed by atoms with E-state index in [1.54, 1.807) is 0 Å². The van der Waals surface area contributed by atoms with Crippen LogP contribution in [0, 0.1) is 31.1 Å². The molecule has 1 fully saturated rings. The van der Waals surface area contributed by atoms with Crippen LogP contribution in [0.25, 0.3) is 10.9 Å². The Hall–Kier alpha value is -2.97. The molecule has 0 unspecified atom stereocenters. The van der Waals surface area contributed by atoms with Crippen molar-refractivity contribution in [3.63, 3.8) is 0 Å². The SMILES string of the molecule is Cc1cc(N2C[C@@H](Cc3ccc4ccccc4n3)[C@H](O)C2)nc(C)c1C#N. The molecule has 3 heterocycles. The molecule has 4 rings (SSSR count). The first-order chi connectivity index (χ1) is 13.0. The molecule has 1 aliphatic rings. The van der Waals surface area contributed by atoms with Crippen molar-refractivity contribution in [2.24, 2.45) is 5.92 Å². The first kappa shape index (κ1) is 17.4. The molecule has 0 bridgehead atoms. The summed E-state index contributed by atoms with van der Waals surface area (Å²) in [5.41, 5.74) is 4.28. The summed E-state index contributed by atoms with van der Waals surface area (Å²) in [4.78, 5) is 11.4. The summed E-state index contributed by atoms with van der Waals surface area (Å²) >= 11 is 0. The van der Waals surface area contributed by atoms with E-state index < -0.39 is 6.10 Å². The Kier molecular flexibility index (Phi) is 4.51. The third-order valence-corrected chi connectivity index (χ3v) is 5.35. The van der Waals surface area contributed by atoms with Gasteiger partial charge in [-0.05, 0) is 44.0 Å². The van der Waals surface area contributed by atoms with Crippen molar-refractivity contribution in [3.05, 3.63) is 65.0 Å². The van der Waals surface area contributed by atoms with Crippen molar-refractivity contribution in [2.45, 2.75) is 26.4 Å². The first-order valence-corrected chi connectivity index (χ1v) is 9.21. The van der Waals surface area contributed by atoms with E-state index in [4.69, 9.17) is 4.98 Å². The summed E-state index contributed by atoms with van der Waals surface area (Å²) in [6.45, 7) is 5.07. The smallest absolute Gasteiger partial charge is 0.129 e. The van der Waals surface area contributed by atoms with Gasteiger partial charge >= 0.3 is 0 Å². The van der Waals surface area contributed by atoms with Gasteiger partial charge in [-0.2, -0.15) is 5.26 Å². The minimum atomic E-state index is -0.420. The lowest BCUT2D eigenvalue weighted by Gasteiger charge is -2.19. The largest absolute Gasteiger partial charge is 0.391 e. The number of rotatable bonds is 3. The number of aryl methyl sites for hydroxylation is 2. The Bertz CT molecular complexity index is 1020. The van der Waals surface area contributed by atoms with Gasteiger partial charge in [-0.25, -0.2) is 4.98 Å². The number of nitriles is 1. The summed E-state index contributed by atoms with van der Waals surface area (Å²) < 4.78 is 0. The van der Waals surface area contributed by atoms with Crippen LogP contribution in [0.2, 0.25) is 0 Å². The molecule has 5 nitrogen and oxygen atoms in total. The Balaban J connectivity index is 1.53. The molecular formula is C22H22N4O. The van der Waals surface area contributed by atoms with Gasteiger partial charge in [-0.15, -0.1) is 0 Å². The van der Waals surface area contributed by atoms with Crippen LogP contribution >= 0.6 is 0 Å². The van der Waals surface area contributed by atoms with Crippen LogP contribution in [0.15, 0.2) is 42.5 Å². The van der Waals surface area contributed by atoms with Gasteiger partial charge in [0.15, 0.2) is 0 Å². The fourth-order valence-electron chi connectivity index (χ4n) is 3.87. The molecule has 0 radical (unpaired) electrons. The van der Waals surface area contributed by atoms with Crippen LogP contribution in [0.4, 0.5) is 5.82 Å². The molecular weight excluding hydrogens is 336 g/mol. The van der Waals surface area contributed by atoms with E-state index in [0.29, 0.717) is 12.1 Å². The van der Waals surface area contributed by atoms with E-state index in [2.05, 4.69) is 28.1 Å². The zero-order chi connectivity index (χ0) is 19.0. The van der Waals surface area contributed by atoms with E-state index in [9.17, 15) is 10.4 Å². The van der Waals surface area contributed by atoms with E-state index in [1.807, 2.05) is 44.2 Å². The predicted molar refractivity (Wildman–Crippen MR) is 106 cm³/mol. The minimum Gasteiger partial charge on any atom is -0.391 e. The van der Waals surface area contributed by atoms with Crippen LogP contribution in [-0.2, 0) is 6.42 Å². The van der Waals surface area contributed by atoms with Crippen LogP contribution < -0.4 is 4.90 Å².